The summed E-state index contributed by atoms with van der Waals surface area (Å²) in [6.07, 6.45) is 3.77. The van der Waals surface area contributed by atoms with E-state index in [1.165, 1.54) is 25.9 Å². The third-order valence-electron chi connectivity index (χ3n) is 3.47. The molecule has 104 valence electrons. The molecule has 0 radical (unpaired) electrons. The maximum atomic E-state index is 11.7. The Kier molecular flexibility index (Phi) is 5.21. The van der Waals surface area contributed by atoms with Crippen molar-refractivity contribution in [1.82, 2.24) is 4.90 Å². The lowest BCUT2D eigenvalue weighted by atomic mass is 10.1. The van der Waals surface area contributed by atoms with Gasteiger partial charge in [0.1, 0.15) is 0 Å². The fraction of sp³-hybridized carbons (Fsp3) is 0.533. The van der Waals surface area contributed by atoms with Gasteiger partial charge in [0.15, 0.2) is 0 Å². The maximum absolute atomic E-state index is 11.7. The Bertz CT molecular complexity index is 414. The SMILES string of the molecule is Nc1ccccc1CC(=O)OCCCN1CCCC1. The number of para-hydroxylation sites is 1. The molecule has 1 aromatic rings. The van der Waals surface area contributed by atoms with Crippen LogP contribution in [0.25, 0.3) is 0 Å². The topological polar surface area (TPSA) is 55.6 Å². The number of nitrogen functional groups attached to an aromatic ring is 1. The summed E-state index contributed by atoms with van der Waals surface area (Å²) in [6, 6.07) is 7.41. The first-order valence-electron chi connectivity index (χ1n) is 6.97. The number of nitrogens with zero attached hydrogens (tertiary/aromatic N) is 1. The summed E-state index contributed by atoms with van der Waals surface area (Å²) in [5.74, 6) is -0.195. The van der Waals surface area contributed by atoms with Crippen LogP contribution >= 0.6 is 0 Å². The Morgan fingerprint density at radius 2 is 2.00 bits per heavy atom. The molecule has 0 unspecified atom stereocenters. The van der Waals surface area contributed by atoms with E-state index in [9.17, 15) is 4.79 Å². The van der Waals surface area contributed by atoms with Crippen molar-refractivity contribution in [3.8, 4) is 0 Å². The van der Waals surface area contributed by atoms with Gasteiger partial charge in [-0.25, -0.2) is 0 Å². The van der Waals surface area contributed by atoms with Gasteiger partial charge in [-0.15, -0.1) is 0 Å². The molecule has 0 atom stereocenters. The number of likely N-dealkylation sites (tertiary alicyclic amines) is 1. The van der Waals surface area contributed by atoms with Crippen LogP contribution in [-0.2, 0) is 16.0 Å². The van der Waals surface area contributed by atoms with Gasteiger partial charge >= 0.3 is 5.97 Å². The number of hydrogen-bond donors (Lipinski definition) is 1. The van der Waals surface area contributed by atoms with Gasteiger partial charge < -0.3 is 15.4 Å². The lowest BCUT2D eigenvalue weighted by Gasteiger charge is -2.14. The van der Waals surface area contributed by atoms with Crippen molar-refractivity contribution in [2.45, 2.75) is 25.7 Å². The normalized spacial score (nSPS) is 15.6. The van der Waals surface area contributed by atoms with E-state index in [0.717, 1.165) is 18.5 Å². The second-order valence-electron chi connectivity index (χ2n) is 5.00. The van der Waals surface area contributed by atoms with Crippen LogP contribution < -0.4 is 5.73 Å². The van der Waals surface area contributed by atoms with Gasteiger partial charge in [-0.3, -0.25) is 4.79 Å². The molecule has 4 heteroatoms. The van der Waals surface area contributed by atoms with E-state index in [0.29, 0.717) is 12.3 Å². The molecule has 0 spiro atoms. The van der Waals surface area contributed by atoms with Crippen LogP contribution in [0.4, 0.5) is 5.69 Å². The lowest BCUT2D eigenvalue weighted by Crippen LogP contribution is -2.22. The van der Waals surface area contributed by atoms with Crippen LogP contribution in [0.5, 0.6) is 0 Å². The highest BCUT2D eigenvalue weighted by Gasteiger charge is 2.11. The first kappa shape index (κ1) is 13.9. The molecule has 1 fully saturated rings. The minimum absolute atomic E-state index is 0.195. The maximum Gasteiger partial charge on any atom is 0.310 e. The zero-order chi connectivity index (χ0) is 13.5. The van der Waals surface area contributed by atoms with Crippen LogP contribution in [0.2, 0.25) is 0 Å². The van der Waals surface area contributed by atoms with E-state index in [1.54, 1.807) is 6.07 Å². The second-order valence-corrected chi connectivity index (χ2v) is 5.00. The first-order valence-corrected chi connectivity index (χ1v) is 6.97. The van der Waals surface area contributed by atoms with Gasteiger partial charge in [0, 0.05) is 12.2 Å². The minimum Gasteiger partial charge on any atom is -0.465 e. The Hall–Kier alpha value is -1.55. The number of rotatable bonds is 6. The monoisotopic (exact) mass is 262 g/mol. The van der Waals surface area contributed by atoms with E-state index in [-0.39, 0.29) is 12.4 Å². The minimum atomic E-state index is -0.195. The van der Waals surface area contributed by atoms with Crippen LogP contribution in [-0.4, -0.2) is 37.1 Å². The fourth-order valence-electron chi connectivity index (χ4n) is 2.38. The molecule has 0 amide bonds. The number of benzene rings is 1. The molecule has 2 rings (SSSR count). The molecular weight excluding hydrogens is 240 g/mol. The Balaban J connectivity index is 1.63. The number of anilines is 1. The van der Waals surface area contributed by atoms with Gasteiger partial charge in [0.2, 0.25) is 0 Å². The summed E-state index contributed by atoms with van der Waals surface area (Å²) in [6.45, 7) is 3.91. The number of carbonyl (C=O) groups excluding carboxylic acids is 1. The van der Waals surface area contributed by atoms with Crippen molar-refractivity contribution >= 4 is 11.7 Å². The van der Waals surface area contributed by atoms with E-state index < -0.39 is 0 Å². The third-order valence-corrected chi connectivity index (χ3v) is 3.47. The van der Waals surface area contributed by atoms with E-state index in [1.807, 2.05) is 18.2 Å². The number of nitrogens with two attached hydrogens (primary N) is 1. The summed E-state index contributed by atoms with van der Waals surface area (Å²) in [5, 5.41) is 0. The van der Waals surface area contributed by atoms with Gasteiger partial charge in [0.05, 0.1) is 13.0 Å². The molecule has 0 aromatic heterocycles. The van der Waals surface area contributed by atoms with Crippen molar-refractivity contribution in [1.29, 1.82) is 0 Å². The highest BCUT2D eigenvalue weighted by Crippen LogP contribution is 2.12. The molecule has 0 bridgehead atoms. The van der Waals surface area contributed by atoms with E-state index in [4.69, 9.17) is 10.5 Å². The van der Waals surface area contributed by atoms with Crippen LogP contribution in [0.15, 0.2) is 24.3 Å². The quantitative estimate of drug-likeness (QED) is 0.483. The molecular formula is C15H22N2O2. The Labute approximate surface area is 114 Å². The van der Waals surface area contributed by atoms with Crippen molar-refractivity contribution in [2.24, 2.45) is 0 Å². The number of ether oxygens (including phenoxy) is 1. The number of carbonyl (C=O) groups is 1. The summed E-state index contributed by atoms with van der Waals surface area (Å²) < 4.78 is 5.24. The molecule has 1 aliphatic rings. The van der Waals surface area contributed by atoms with Gasteiger partial charge in [0.25, 0.3) is 0 Å². The Morgan fingerprint density at radius 1 is 1.26 bits per heavy atom. The van der Waals surface area contributed by atoms with Crippen molar-refractivity contribution < 1.29 is 9.53 Å². The zero-order valence-corrected chi connectivity index (χ0v) is 11.3. The zero-order valence-electron chi connectivity index (χ0n) is 11.3. The summed E-state index contributed by atoms with van der Waals surface area (Å²) in [4.78, 5) is 14.1. The summed E-state index contributed by atoms with van der Waals surface area (Å²) >= 11 is 0. The lowest BCUT2D eigenvalue weighted by molar-refractivity contribution is -0.143. The van der Waals surface area contributed by atoms with Crippen molar-refractivity contribution in [2.75, 3.05) is 32.0 Å². The third kappa shape index (κ3) is 4.56. The highest BCUT2D eigenvalue weighted by molar-refractivity contribution is 5.74. The number of hydrogen-bond acceptors (Lipinski definition) is 4. The molecule has 0 saturated carbocycles. The van der Waals surface area contributed by atoms with Crippen LogP contribution in [0.1, 0.15) is 24.8 Å². The Morgan fingerprint density at radius 3 is 2.74 bits per heavy atom. The van der Waals surface area contributed by atoms with Crippen molar-refractivity contribution in [3.63, 3.8) is 0 Å². The summed E-state index contributed by atoms with van der Waals surface area (Å²) in [5.41, 5.74) is 7.28. The second kappa shape index (κ2) is 7.14. The van der Waals surface area contributed by atoms with E-state index in [2.05, 4.69) is 4.90 Å². The van der Waals surface area contributed by atoms with Crippen LogP contribution in [0.3, 0.4) is 0 Å². The van der Waals surface area contributed by atoms with Crippen LogP contribution in [0, 0.1) is 0 Å². The molecule has 1 aromatic carbocycles. The highest BCUT2D eigenvalue weighted by atomic mass is 16.5. The van der Waals surface area contributed by atoms with Crippen molar-refractivity contribution in [3.05, 3.63) is 29.8 Å². The number of esters is 1. The van der Waals surface area contributed by atoms with Gasteiger partial charge in [-0.2, -0.15) is 0 Å². The molecule has 1 heterocycles. The molecule has 0 aliphatic carbocycles. The molecule has 2 N–H and O–H groups in total. The molecule has 19 heavy (non-hydrogen) atoms. The average Bonchev–Trinajstić information content (AvgIpc) is 2.91. The predicted molar refractivity (Wildman–Crippen MR) is 75.8 cm³/mol. The molecule has 1 aliphatic heterocycles. The van der Waals surface area contributed by atoms with E-state index >= 15 is 0 Å². The first-order chi connectivity index (χ1) is 9.25. The van der Waals surface area contributed by atoms with Gasteiger partial charge in [-0.1, -0.05) is 18.2 Å². The van der Waals surface area contributed by atoms with Gasteiger partial charge in [-0.05, 0) is 44.0 Å². The largest absolute Gasteiger partial charge is 0.465 e. The predicted octanol–water partition coefficient (Wildman–Crippen LogP) is 1.84. The molecule has 1 saturated heterocycles. The standard InChI is InChI=1S/C15H22N2O2/c16-14-7-2-1-6-13(14)12-15(18)19-11-5-10-17-8-3-4-9-17/h1-2,6-7H,3-5,8-12,16H2. The average molecular weight is 262 g/mol. The summed E-state index contributed by atoms with van der Waals surface area (Å²) in [7, 11) is 0. The molecule has 4 nitrogen and oxygen atoms in total. The fourth-order valence-corrected chi connectivity index (χ4v) is 2.38. The smallest absolute Gasteiger partial charge is 0.310 e.